The van der Waals surface area contributed by atoms with Crippen molar-refractivity contribution in [2.24, 2.45) is 0 Å². The van der Waals surface area contributed by atoms with Gasteiger partial charge in [-0.05, 0) is 48.4 Å². The average molecular weight is 371 g/mol. The van der Waals surface area contributed by atoms with Gasteiger partial charge in [-0.15, -0.1) is 0 Å². The summed E-state index contributed by atoms with van der Waals surface area (Å²) in [4.78, 5) is 8.78. The van der Waals surface area contributed by atoms with Crippen molar-refractivity contribution >= 4 is 16.7 Å². The van der Waals surface area contributed by atoms with Crippen LogP contribution in [0.5, 0.6) is 11.5 Å². The van der Waals surface area contributed by atoms with Crippen molar-refractivity contribution < 1.29 is 9.84 Å². The molecule has 0 unspecified atom stereocenters. The highest BCUT2D eigenvalue weighted by molar-refractivity contribution is 5.86. The van der Waals surface area contributed by atoms with Crippen LogP contribution in [0.4, 0.5) is 5.82 Å². The van der Waals surface area contributed by atoms with E-state index in [2.05, 4.69) is 15.3 Å². The molecule has 0 radical (unpaired) electrons. The van der Waals surface area contributed by atoms with Crippen molar-refractivity contribution in [1.29, 1.82) is 0 Å². The summed E-state index contributed by atoms with van der Waals surface area (Å²) >= 11 is 0. The third-order valence-electron chi connectivity index (χ3n) is 4.72. The minimum Gasteiger partial charge on any atom is -0.505 e. The minimum absolute atomic E-state index is 0.158. The predicted molar refractivity (Wildman–Crippen MR) is 111 cm³/mol. The summed E-state index contributed by atoms with van der Waals surface area (Å²) in [5, 5.41) is 15.3. The number of hydrogen-bond acceptors (Lipinski definition) is 5. The standard InChI is InChI=1S/C23H21N3O2/c1-15-10-12-24-20(13-15)26-21(17-5-3-7-18(14-17)28-2)19-9-8-16-6-4-11-25-22(16)23(19)27/h3-14,21,27H,1-2H3,(H,24,26)/t21-/m0/s1. The van der Waals surface area contributed by atoms with Gasteiger partial charge in [0.25, 0.3) is 0 Å². The van der Waals surface area contributed by atoms with Gasteiger partial charge >= 0.3 is 0 Å². The van der Waals surface area contributed by atoms with E-state index in [0.717, 1.165) is 33.6 Å². The maximum Gasteiger partial charge on any atom is 0.147 e. The number of pyridine rings is 2. The number of hydrogen-bond donors (Lipinski definition) is 2. The SMILES string of the molecule is COc1cccc([C@H](Nc2cc(C)ccn2)c2ccc3cccnc3c2O)c1. The van der Waals surface area contributed by atoms with Crippen LogP contribution < -0.4 is 10.1 Å². The molecule has 0 spiro atoms. The van der Waals surface area contributed by atoms with Crippen molar-refractivity contribution in [2.45, 2.75) is 13.0 Å². The zero-order valence-electron chi connectivity index (χ0n) is 15.8. The van der Waals surface area contributed by atoms with E-state index in [1.54, 1.807) is 19.5 Å². The average Bonchev–Trinajstić information content (AvgIpc) is 2.73. The maximum atomic E-state index is 11.0. The largest absolute Gasteiger partial charge is 0.505 e. The summed E-state index contributed by atoms with van der Waals surface area (Å²) < 4.78 is 5.39. The molecular weight excluding hydrogens is 350 g/mol. The number of aryl methyl sites for hydroxylation is 1. The Balaban J connectivity index is 1.86. The third-order valence-corrected chi connectivity index (χ3v) is 4.72. The first kappa shape index (κ1) is 17.8. The topological polar surface area (TPSA) is 67.3 Å². The highest BCUT2D eigenvalue weighted by Gasteiger charge is 2.21. The molecule has 5 heteroatoms. The molecule has 0 aliphatic carbocycles. The van der Waals surface area contributed by atoms with Crippen LogP contribution in [0.15, 0.2) is 73.1 Å². The summed E-state index contributed by atoms with van der Waals surface area (Å²) in [6.07, 6.45) is 3.45. The summed E-state index contributed by atoms with van der Waals surface area (Å²) in [5.74, 6) is 1.64. The molecule has 28 heavy (non-hydrogen) atoms. The molecule has 0 saturated carbocycles. The van der Waals surface area contributed by atoms with Gasteiger partial charge < -0.3 is 15.2 Å². The fourth-order valence-electron chi connectivity index (χ4n) is 3.30. The van der Waals surface area contributed by atoms with Crippen LogP contribution in [-0.4, -0.2) is 22.2 Å². The van der Waals surface area contributed by atoms with E-state index in [-0.39, 0.29) is 11.8 Å². The molecule has 5 nitrogen and oxygen atoms in total. The Morgan fingerprint density at radius 3 is 2.68 bits per heavy atom. The number of aromatic nitrogens is 2. The molecule has 0 fully saturated rings. The molecular formula is C23H21N3O2. The molecule has 0 amide bonds. The molecule has 4 aromatic rings. The number of phenols is 1. The summed E-state index contributed by atoms with van der Waals surface area (Å²) in [6, 6.07) is 19.1. The first-order chi connectivity index (χ1) is 13.7. The van der Waals surface area contributed by atoms with Gasteiger partial charge in [-0.25, -0.2) is 4.98 Å². The lowest BCUT2D eigenvalue weighted by atomic mass is 9.96. The number of ether oxygens (including phenoxy) is 1. The lowest BCUT2D eigenvalue weighted by Crippen LogP contribution is -2.14. The van der Waals surface area contributed by atoms with Gasteiger partial charge in [0.05, 0.1) is 13.2 Å². The first-order valence-corrected chi connectivity index (χ1v) is 9.05. The Bertz CT molecular complexity index is 1130. The number of rotatable bonds is 5. The second-order valence-corrected chi connectivity index (χ2v) is 6.65. The van der Waals surface area contributed by atoms with Crippen molar-refractivity contribution in [3.05, 3.63) is 89.7 Å². The first-order valence-electron chi connectivity index (χ1n) is 9.05. The van der Waals surface area contributed by atoms with Gasteiger partial charge in [0, 0.05) is 23.3 Å². The van der Waals surface area contributed by atoms with E-state index in [1.165, 1.54) is 0 Å². The number of benzene rings is 2. The molecule has 140 valence electrons. The Morgan fingerprint density at radius 1 is 0.964 bits per heavy atom. The normalized spacial score (nSPS) is 11.9. The van der Waals surface area contributed by atoms with E-state index >= 15 is 0 Å². The lowest BCUT2D eigenvalue weighted by Gasteiger charge is -2.22. The number of nitrogens with zero attached hydrogens (tertiary/aromatic N) is 2. The van der Waals surface area contributed by atoms with Crippen LogP contribution in [0.3, 0.4) is 0 Å². The Morgan fingerprint density at radius 2 is 1.86 bits per heavy atom. The van der Waals surface area contributed by atoms with E-state index in [4.69, 9.17) is 4.74 Å². The van der Waals surface area contributed by atoms with Crippen LogP contribution in [0.2, 0.25) is 0 Å². The maximum absolute atomic E-state index is 11.0. The summed E-state index contributed by atoms with van der Waals surface area (Å²) in [6.45, 7) is 2.02. The molecule has 0 bridgehead atoms. The fourth-order valence-corrected chi connectivity index (χ4v) is 3.30. The molecule has 1 atom stereocenters. The zero-order chi connectivity index (χ0) is 19.5. The van der Waals surface area contributed by atoms with Crippen molar-refractivity contribution in [2.75, 3.05) is 12.4 Å². The smallest absolute Gasteiger partial charge is 0.147 e. The number of anilines is 1. The van der Waals surface area contributed by atoms with Gasteiger partial charge in [0.1, 0.15) is 22.8 Å². The molecule has 0 aliphatic heterocycles. The van der Waals surface area contributed by atoms with E-state index in [1.807, 2.05) is 67.6 Å². The number of methoxy groups -OCH3 is 1. The monoisotopic (exact) mass is 371 g/mol. The zero-order valence-corrected chi connectivity index (χ0v) is 15.8. The molecule has 0 aliphatic rings. The van der Waals surface area contributed by atoms with Gasteiger partial charge in [0.15, 0.2) is 0 Å². The highest BCUT2D eigenvalue weighted by atomic mass is 16.5. The van der Waals surface area contributed by atoms with Gasteiger partial charge in [-0.1, -0.05) is 30.3 Å². The molecule has 0 saturated heterocycles. The molecule has 2 aromatic heterocycles. The van der Waals surface area contributed by atoms with E-state index in [0.29, 0.717) is 5.52 Å². The quantitative estimate of drug-likeness (QED) is 0.525. The minimum atomic E-state index is -0.323. The second kappa shape index (κ2) is 7.56. The number of aromatic hydroxyl groups is 1. The highest BCUT2D eigenvalue weighted by Crippen LogP contribution is 2.37. The Kier molecular flexibility index (Phi) is 4.81. The number of fused-ring (bicyclic) bond motifs is 1. The van der Waals surface area contributed by atoms with Gasteiger partial charge in [-0.3, -0.25) is 4.98 Å². The van der Waals surface area contributed by atoms with Crippen LogP contribution in [0.1, 0.15) is 22.7 Å². The van der Waals surface area contributed by atoms with Gasteiger partial charge in [0.2, 0.25) is 0 Å². The van der Waals surface area contributed by atoms with Crippen LogP contribution in [0, 0.1) is 6.92 Å². The van der Waals surface area contributed by atoms with Crippen LogP contribution in [-0.2, 0) is 0 Å². The van der Waals surface area contributed by atoms with Crippen molar-refractivity contribution in [3.63, 3.8) is 0 Å². The number of phenolic OH excluding ortho intramolecular Hbond substituents is 1. The number of nitrogens with one attached hydrogen (secondary N) is 1. The molecule has 2 heterocycles. The second-order valence-electron chi connectivity index (χ2n) is 6.65. The molecule has 2 aromatic carbocycles. The van der Waals surface area contributed by atoms with Crippen LogP contribution in [0.25, 0.3) is 10.9 Å². The van der Waals surface area contributed by atoms with E-state index < -0.39 is 0 Å². The van der Waals surface area contributed by atoms with Crippen molar-refractivity contribution in [1.82, 2.24) is 9.97 Å². The van der Waals surface area contributed by atoms with Gasteiger partial charge in [-0.2, -0.15) is 0 Å². The summed E-state index contributed by atoms with van der Waals surface area (Å²) in [5.41, 5.74) is 3.36. The van der Waals surface area contributed by atoms with Crippen LogP contribution >= 0.6 is 0 Å². The Hall–Kier alpha value is -3.60. The Labute approximate surface area is 163 Å². The van der Waals surface area contributed by atoms with Crippen molar-refractivity contribution in [3.8, 4) is 11.5 Å². The fraction of sp³-hybridized carbons (Fsp3) is 0.130. The predicted octanol–water partition coefficient (Wildman–Crippen LogP) is 4.85. The van der Waals surface area contributed by atoms with E-state index in [9.17, 15) is 5.11 Å². The lowest BCUT2D eigenvalue weighted by molar-refractivity contribution is 0.414. The molecule has 2 N–H and O–H groups in total. The molecule has 4 rings (SSSR count). The summed E-state index contributed by atoms with van der Waals surface area (Å²) in [7, 11) is 1.64. The third kappa shape index (κ3) is 3.47.